The number of carbonyl (C=O) groups is 1. The van der Waals surface area contributed by atoms with Crippen LogP contribution in [0.2, 0.25) is 0 Å². The van der Waals surface area contributed by atoms with Gasteiger partial charge in [-0.25, -0.2) is 9.97 Å². The molecule has 18 heavy (non-hydrogen) atoms. The number of aromatic nitrogens is 2. The standard InChI is InChI=1S/C11H19N5O2/c1-18-7-11-15-8(12)6-10(16-11)14-5-3-2-4-9(13)17/h6H,2-5,7H2,1H3,(H2,13,17)(H3,12,14,15,16). The number of ether oxygens (including phenoxy) is 1. The van der Waals surface area contributed by atoms with E-state index in [4.69, 9.17) is 16.2 Å². The van der Waals surface area contributed by atoms with Crippen molar-refractivity contribution < 1.29 is 9.53 Å². The van der Waals surface area contributed by atoms with E-state index in [9.17, 15) is 4.79 Å². The van der Waals surface area contributed by atoms with Gasteiger partial charge in [0.2, 0.25) is 5.91 Å². The van der Waals surface area contributed by atoms with E-state index in [2.05, 4.69) is 15.3 Å². The van der Waals surface area contributed by atoms with Gasteiger partial charge in [-0.05, 0) is 12.8 Å². The van der Waals surface area contributed by atoms with Crippen molar-refractivity contribution in [3.05, 3.63) is 11.9 Å². The van der Waals surface area contributed by atoms with Crippen LogP contribution in [-0.2, 0) is 16.1 Å². The van der Waals surface area contributed by atoms with E-state index in [1.807, 2.05) is 0 Å². The number of nitrogen functional groups attached to an aromatic ring is 1. The van der Waals surface area contributed by atoms with Crippen molar-refractivity contribution in [2.75, 3.05) is 24.7 Å². The van der Waals surface area contributed by atoms with E-state index in [-0.39, 0.29) is 5.91 Å². The third-order valence-corrected chi connectivity index (χ3v) is 2.22. The number of anilines is 2. The second kappa shape index (κ2) is 7.44. The fourth-order valence-corrected chi connectivity index (χ4v) is 1.44. The number of unbranched alkanes of at least 4 members (excludes halogenated alkanes) is 1. The largest absolute Gasteiger partial charge is 0.384 e. The Labute approximate surface area is 106 Å². The van der Waals surface area contributed by atoms with Crippen molar-refractivity contribution in [2.24, 2.45) is 5.73 Å². The molecule has 1 amide bonds. The number of hydrogen-bond donors (Lipinski definition) is 3. The van der Waals surface area contributed by atoms with Crippen LogP contribution >= 0.6 is 0 Å². The fraction of sp³-hybridized carbons (Fsp3) is 0.545. The van der Waals surface area contributed by atoms with Gasteiger partial charge in [-0.1, -0.05) is 0 Å². The number of nitrogens with one attached hydrogen (secondary N) is 1. The summed E-state index contributed by atoms with van der Waals surface area (Å²) < 4.78 is 4.95. The summed E-state index contributed by atoms with van der Waals surface area (Å²) in [7, 11) is 1.57. The molecule has 1 heterocycles. The van der Waals surface area contributed by atoms with Crippen LogP contribution < -0.4 is 16.8 Å². The fourth-order valence-electron chi connectivity index (χ4n) is 1.44. The molecule has 0 saturated heterocycles. The Morgan fingerprint density at radius 2 is 2.22 bits per heavy atom. The minimum absolute atomic E-state index is 0.274. The zero-order chi connectivity index (χ0) is 13.4. The molecule has 7 nitrogen and oxygen atoms in total. The van der Waals surface area contributed by atoms with E-state index in [1.165, 1.54) is 0 Å². The first-order chi connectivity index (χ1) is 8.61. The lowest BCUT2D eigenvalue weighted by Crippen LogP contribution is -2.11. The highest BCUT2D eigenvalue weighted by molar-refractivity contribution is 5.73. The summed E-state index contributed by atoms with van der Waals surface area (Å²) in [6.07, 6.45) is 2.00. The summed E-state index contributed by atoms with van der Waals surface area (Å²) in [5.74, 6) is 1.33. The second-order valence-electron chi connectivity index (χ2n) is 3.88. The van der Waals surface area contributed by atoms with Crippen molar-refractivity contribution in [1.29, 1.82) is 0 Å². The van der Waals surface area contributed by atoms with Gasteiger partial charge < -0.3 is 21.5 Å². The lowest BCUT2D eigenvalue weighted by atomic mass is 10.2. The number of hydrogen-bond acceptors (Lipinski definition) is 6. The smallest absolute Gasteiger partial charge is 0.217 e. The molecule has 100 valence electrons. The number of amides is 1. The van der Waals surface area contributed by atoms with Gasteiger partial charge in [0.1, 0.15) is 18.2 Å². The molecule has 1 aromatic rings. The maximum Gasteiger partial charge on any atom is 0.217 e. The zero-order valence-corrected chi connectivity index (χ0v) is 10.5. The molecule has 0 aromatic carbocycles. The van der Waals surface area contributed by atoms with Crippen LogP contribution in [0.15, 0.2) is 6.07 Å². The lowest BCUT2D eigenvalue weighted by molar-refractivity contribution is -0.118. The highest BCUT2D eigenvalue weighted by Gasteiger charge is 2.02. The Hall–Kier alpha value is -1.89. The van der Waals surface area contributed by atoms with Crippen LogP contribution in [-0.4, -0.2) is 29.5 Å². The molecule has 0 saturated carbocycles. The predicted molar refractivity (Wildman–Crippen MR) is 68.7 cm³/mol. The maximum absolute atomic E-state index is 10.5. The van der Waals surface area contributed by atoms with Crippen LogP contribution in [0, 0.1) is 0 Å². The number of carbonyl (C=O) groups excluding carboxylic acids is 1. The monoisotopic (exact) mass is 253 g/mol. The predicted octanol–water partition coefficient (Wildman–Crippen LogP) is 0.273. The number of primary amides is 1. The van der Waals surface area contributed by atoms with Gasteiger partial charge in [-0.15, -0.1) is 0 Å². The molecule has 0 aliphatic carbocycles. The molecule has 0 spiro atoms. The summed E-state index contributed by atoms with van der Waals surface area (Å²) in [6, 6.07) is 1.66. The molecule has 0 fully saturated rings. The number of nitrogens with two attached hydrogens (primary N) is 2. The lowest BCUT2D eigenvalue weighted by Gasteiger charge is -2.07. The Morgan fingerprint density at radius 3 is 2.89 bits per heavy atom. The van der Waals surface area contributed by atoms with Crippen molar-refractivity contribution in [3.8, 4) is 0 Å². The van der Waals surface area contributed by atoms with Gasteiger partial charge in [0, 0.05) is 26.1 Å². The third-order valence-electron chi connectivity index (χ3n) is 2.22. The van der Waals surface area contributed by atoms with E-state index in [0.717, 1.165) is 12.8 Å². The summed E-state index contributed by atoms with van der Waals surface area (Å²) in [6.45, 7) is 1.03. The molecule has 0 aliphatic rings. The first-order valence-corrected chi connectivity index (χ1v) is 5.76. The Bertz CT molecular complexity index is 397. The van der Waals surface area contributed by atoms with E-state index >= 15 is 0 Å². The Kier molecular flexibility index (Phi) is 5.86. The number of rotatable bonds is 8. The molecule has 1 aromatic heterocycles. The van der Waals surface area contributed by atoms with Gasteiger partial charge in [-0.3, -0.25) is 4.79 Å². The molecule has 5 N–H and O–H groups in total. The van der Waals surface area contributed by atoms with E-state index in [1.54, 1.807) is 13.2 Å². The molecule has 0 atom stereocenters. The van der Waals surface area contributed by atoms with Crippen molar-refractivity contribution in [3.63, 3.8) is 0 Å². The van der Waals surface area contributed by atoms with Gasteiger partial charge in [0.25, 0.3) is 0 Å². The first-order valence-electron chi connectivity index (χ1n) is 5.76. The zero-order valence-electron chi connectivity index (χ0n) is 10.5. The van der Waals surface area contributed by atoms with Gasteiger partial charge in [0.05, 0.1) is 0 Å². The summed E-state index contributed by atoms with van der Waals surface area (Å²) in [4.78, 5) is 18.8. The molecular formula is C11H19N5O2. The minimum atomic E-state index is -0.274. The van der Waals surface area contributed by atoms with Crippen LogP contribution in [0.4, 0.5) is 11.6 Å². The minimum Gasteiger partial charge on any atom is -0.384 e. The van der Waals surface area contributed by atoms with E-state index in [0.29, 0.717) is 37.0 Å². The summed E-state index contributed by atoms with van der Waals surface area (Å²) >= 11 is 0. The number of nitrogens with zero attached hydrogens (tertiary/aromatic N) is 2. The maximum atomic E-state index is 10.5. The van der Waals surface area contributed by atoms with Gasteiger partial charge >= 0.3 is 0 Å². The third kappa shape index (κ3) is 5.44. The van der Waals surface area contributed by atoms with Crippen molar-refractivity contribution >= 4 is 17.5 Å². The summed E-state index contributed by atoms with van der Waals surface area (Å²) in [5, 5.41) is 3.12. The summed E-state index contributed by atoms with van der Waals surface area (Å²) in [5.41, 5.74) is 10.7. The van der Waals surface area contributed by atoms with Crippen molar-refractivity contribution in [1.82, 2.24) is 9.97 Å². The first kappa shape index (κ1) is 14.2. The van der Waals surface area contributed by atoms with Crippen LogP contribution in [0.5, 0.6) is 0 Å². The quantitative estimate of drug-likeness (QED) is 0.573. The molecule has 0 radical (unpaired) electrons. The Morgan fingerprint density at radius 1 is 1.44 bits per heavy atom. The highest BCUT2D eigenvalue weighted by atomic mass is 16.5. The second-order valence-corrected chi connectivity index (χ2v) is 3.88. The molecular weight excluding hydrogens is 234 g/mol. The van der Waals surface area contributed by atoms with Gasteiger partial charge in [-0.2, -0.15) is 0 Å². The molecule has 0 aliphatic heterocycles. The SMILES string of the molecule is COCc1nc(N)cc(NCCCCC(N)=O)n1. The average Bonchev–Trinajstić information content (AvgIpc) is 2.28. The molecule has 0 unspecified atom stereocenters. The Balaban J connectivity index is 2.39. The average molecular weight is 253 g/mol. The normalized spacial score (nSPS) is 10.3. The molecule has 7 heteroatoms. The molecule has 0 bridgehead atoms. The van der Waals surface area contributed by atoms with Crippen LogP contribution in [0.1, 0.15) is 25.1 Å². The number of methoxy groups -OCH3 is 1. The van der Waals surface area contributed by atoms with Crippen LogP contribution in [0.25, 0.3) is 0 Å². The van der Waals surface area contributed by atoms with Gasteiger partial charge in [0.15, 0.2) is 5.82 Å². The highest BCUT2D eigenvalue weighted by Crippen LogP contribution is 2.09. The topological polar surface area (TPSA) is 116 Å². The van der Waals surface area contributed by atoms with E-state index < -0.39 is 0 Å². The van der Waals surface area contributed by atoms with Crippen molar-refractivity contribution in [2.45, 2.75) is 25.9 Å². The molecule has 1 rings (SSSR count). The van der Waals surface area contributed by atoms with Crippen LogP contribution in [0.3, 0.4) is 0 Å².